The van der Waals surface area contributed by atoms with E-state index >= 15 is 0 Å². The third-order valence-corrected chi connectivity index (χ3v) is 5.17. The molecule has 0 amide bonds. The van der Waals surface area contributed by atoms with Gasteiger partial charge in [0.05, 0.1) is 0 Å². The van der Waals surface area contributed by atoms with Crippen LogP contribution in [0.5, 0.6) is 0 Å². The first-order chi connectivity index (χ1) is 10.4. The molecule has 3 nitrogen and oxygen atoms in total. The van der Waals surface area contributed by atoms with Crippen LogP contribution < -0.4 is 5.32 Å². The Morgan fingerprint density at radius 3 is 2.90 bits per heavy atom. The molecule has 0 spiro atoms. The minimum Gasteiger partial charge on any atom is -0.312 e. The molecule has 1 aliphatic carbocycles. The van der Waals surface area contributed by atoms with Gasteiger partial charge in [-0.25, -0.2) is 0 Å². The van der Waals surface area contributed by atoms with E-state index in [2.05, 4.69) is 21.3 Å². The first-order valence-corrected chi connectivity index (χ1v) is 8.76. The minimum absolute atomic E-state index is 0.724. The summed E-state index contributed by atoms with van der Waals surface area (Å²) in [4.78, 5) is 6.90. The highest BCUT2D eigenvalue weighted by molar-refractivity contribution is 5.08. The van der Waals surface area contributed by atoms with Crippen LogP contribution >= 0.6 is 0 Å². The number of aromatic nitrogens is 1. The molecular weight excluding hydrogens is 258 g/mol. The maximum atomic E-state index is 4.22. The van der Waals surface area contributed by atoms with Crippen molar-refractivity contribution in [3.63, 3.8) is 0 Å². The number of nitrogens with zero attached hydrogens (tertiary/aromatic N) is 2. The fourth-order valence-corrected chi connectivity index (χ4v) is 3.91. The fraction of sp³-hybridized carbons (Fsp3) is 0.722. The van der Waals surface area contributed by atoms with Gasteiger partial charge in [0.15, 0.2) is 0 Å². The summed E-state index contributed by atoms with van der Waals surface area (Å²) in [5.41, 5.74) is 1.36. The van der Waals surface area contributed by atoms with Crippen molar-refractivity contribution in [2.24, 2.45) is 5.92 Å². The van der Waals surface area contributed by atoms with Crippen molar-refractivity contribution >= 4 is 0 Å². The number of nitrogens with one attached hydrogen (secondary N) is 1. The summed E-state index contributed by atoms with van der Waals surface area (Å²) >= 11 is 0. The predicted molar refractivity (Wildman–Crippen MR) is 87.4 cm³/mol. The van der Waals surface area contributed by atoms with Crippen LogP contribution in [0.3, 0.4) is 0 Å². The quantitative estimate of drug-likeness (QED) is 0.923. The van der Waals surface area contributed by atoms with Gasteiger partial charge >= 0.3 is 0 Å². The SMILES string of the molecule is c1cncc(CCN2CCCNC(C3CCCCC3)C2)c1. The summed E-state index contributed by atoms with van der Waals surface area (Å²) in [6, 6.07) is 4.97. The normalized spacial score (nSPS) is 25.6. The largest absolute Gasteiger partial charge is 0.312 e. The van der Waals surface area contributed by atoms with Crippen LogP contribution in [0.2, 0.25) is 0 Å². The molecule has 0 bridgehead atoms. The molecule has 1 N–H and O–H groups in total. The average molecular weight is 287 g/mol. The first-order valence-electron chi connectivity index (χ1n) is 8.76. The second kappa shape index (κ2) is 7.90. The Labute approximate surface area is 129 Å². The van der Waals surface area contributed by atoms with Crippen LogP contribution in [-0.2, 0) is 6.42 Å². The molecule has 21 heavy (non-hydrogen) atoms. The highest BCUT2D eigenvalue weighted by Crippen LogP contribution is 2.27. The molecule has 1 aromatic heterocycles. The summed E-state index contributed by atoms with van der Waals surface area (Å²) in [6.45, 7) is 4.86. The molecule has 0 radical (unpaired) electrons. The lowest BCUT2D eigenvalue weighted by Crippen LogP contribution is -2.44. The van der Waals surface area contributed by atoms with E-state index in [9.17, 15) is 0 Å². The Bertz CT molecular complexity index is 400. The van der Waals surface area contributed by atoms with Gasteiger partial charge in [0.2, 0.25) is 0 Å². The third-order valence-electron chi connectivity index (χ3n) is 5.17. The van der Waals surface area contributed by atoms with Crippen molar-refractivity contribution in [1.29, 1.82) is 0 Å². The van der Waals surface area contributed by atoms with Crippen molar-refractivity contribution in [3.05, 3.63) is 30.1 Å². The second-order valence-electron chi connectivity index (χ2n) is 6.72. The fourth-order valence-electron chi connectivity index (χ4n) is 3.91. The number of rotatable bonds is 4. The zero-order valence-electron chi connectivity index (χ0n) is 13.1. The lowest BCUT2D eigenvalue weighted by Gasteiger charge is -2.33. The van der Waals surface area contributed by atoms with Crippen molar-refractivity contribution in [2.45, 2.75) is 51.0 Å². The zero-order valence-corrected chi connectivity index (χ0v) is 13.1. The van der Waals surface area contributed by atoms with E-state index in [1.54, 1.807) is 0 Å². The molecule has 2 heterocycles. The molecule has 116 valence electrons. The topological polar surface area (TPSA) is 28.2 Å². The lowest BCUT2D eigenvalue weighted by atomic mass is 9.83. The van der Waals surface area contributed by atoms with Gasteiger partial charge in [-0.2, -0.15) is 0 Å². The van der Waals surface area contributed by atoms with E-state index in [-0.39, 0.29) is 0 Å². The Kier molecular flexibility index (Phi) is 5.64. The summed E-state index contributed by atoms with van der Waals surface area (Å²) in [5, 5.41) is 3.83. The monoisotopic (exact) mass is 287 g/mol. The van der Waals surface area contributed by atoms with Crippen LogP contribution in [0.4, 0.5) is 0 Å². The molecule has 1 atom stereocenters. The van der Waals surface area contributed by atoms with Gasteiger partial charge in [-0.1, -0.05) is 25.3 Å². The molecule has 2 fully saturated rings. The molecule has 1 saturated heterocycles. The van der Waals surface area contributed by atoms with Crippen molar-refractivity contribution in [1.82, 2.24) is 15.2 Å². The molecular formula is C18H29N3. The van der Waals surface area contributed by atoms with E-state index in [0.29, 0.717) is 0 Å². The molecule has 1 aliphatic heterocycles. The number of hydrogen-bond donors (Lipinski definition) is 1. The van der Waals surface area contributed by atoms with Gasteiger partial charge < -0.3 is 10.2 Å². The standard InChI is InChI=1S/C18H29N3/c1-2-7-17(8-3-1)18-15-21(12-5-11-20-18)13-9-16-6-4-10-19-14-16/h4,6,10,14,17-18,20H,1-3,5,7-9,11-13,15H2. The second-order valence-corrected chi connectivity index (χ2v) is 6.72. The van der Waals surface area contributed by atoms with Gasteiger partial charge in [0.25, 0.3) is 0 Å². The predicted octanol–water partition coefficient (Wildman–Crippen LogP) is 2.87. The van der Waals surface area contributed by atoms with E-state index in [1.165, 1.54) is 70.3 Å². The molecule has 3 rings (SSSR count). The van der Waals surface area contributed by atoms with E-state index in [1.807, 2.05) is 18.5 Å². The summed E-state index contributed by atoms with van der Waals surface area (Å²) in [7, 11) is 0. The van der Waals surface area contributed by atoms with Gasteiger partial charge in [-0.05, 0) is 56.3 Å². The van der Waals surface area contributed by atoms with Crippen molar-refractivity contribution < 1.29 is 0 Å². The molecule has 2 aliphatic rings. The Balaban J connectivity index is 1.52. The van der Waals surface area contributed by atoms with E-state index < -0.39 is 0 Å². The summed E-state index contributed by atoms with van der Waals surface area (Å²) in [6.07, 6.45) is 13.5. The van der Waals surface area contributed by atoms with Crippen LogP contribution in [0.25, 0.3) is 0 Å². The van der Waals surface area contributed by atoms with Crippen molar-refractivity contribution in [2.75, 3.05) is 26.2 Å². The van der Waals surface area contributed by atoms with Gasteiger partial charge in [-0.3, -0.25) is 4.98 Å². The van der Waals surface area contributed by atoms with E-state index in [4.69, 9.17) is 0 Å². The minimum atomic E-state index is 0.724. The average Bonchev–Trinajstić information content (AvgIpc) is 2.80. The molecule has 1 unspecified atom stereocenters. The maximum absolute atomic E-state index is 4.22. The van der Waals surface area contributed by atoms with Crippen molar-refractivity contribution in [3.8, 4) is 0 Å². The third kappa shape index (κ3) is 4.52. The Morgan fingerprint density at radius 2 is 2.10 bits per heavy atom. The molecule has 1 aromatic rings. The zero-order chi connectivity index (χ0) is 14.3. The van der Waals surface area contributed by atoms with Gasteiger partial charge in [0.1, 0.15) is 0 Å². The highest BCUT2D eigenvalue weighted by atomic mass is 15.2. The summed E-state index contributed by atoms with van der Waals surface area (Å²) < 4.78 is 0. The number of pyridine rings is 1. The van der Waals surface area contributed by atoms with Gasteiger partial charge in [0, 0.05) is 31.5 Å². The number of hydrogen-bond acceptors (Lipinski definition) is 3. The van der Waals surface area contributed by atoms with Gasteiger partial charge in [-0.15, -0.1) is 0 Å². The smallest absolute Gasteiger partial charge is 0.0300 e. The van der Waals surface area contributed by atoms with Crippen LogP contribution in [0, 0.1) is 5.92 Å². The van der Waals surface area contributed by atoms with Crippen LogP contribution in [0.1, 0.15) is 44.1 Å². The Hall–Kier alpha value is -0.930. The van der Waals surface area contributed by atoms with E-state index in [0.717, 1.165) is 18.4 Å². The summed E-state index contributed by atoms with van der Waals surface area (Å²) in [5.74, 6) is 0.915. The molecule has 3 heteroatoms. The first kappa shape index (κ1) is 15.0. The molecule has 0 aromatic carbocycles. The van der Waals surface area contributed by atoms with Crippen LogP contribution in [0.15, 0.2) is 24.5 Å². The lowest BCUT2D eigenvalue weighted by molar-refractivity contribution is 0.207. The maximum Gasteiger partial charge on any atom is 0.0300 e. The highest BCUT2D eigenvalue weighted by Gasteiger charge is 2.26. The molecule has 1 saturated carbocycles. The Morgan fingerprint density at radius 1 is 1.19 bits per heavy atom. The van der Waals surface area contributed by atoms with Crippen LogP contribution in [-0.4, -0.2) is 42.1 Å².